The van der Waals surface area contributed by atoms with Crippen LogP contribution in [0.1, 0.15) is 59.3 Å². The Balaban J connectivity index is 3.53. The third-order valence-electron chi connectivity index (χ3n) is 2.62. The van der Waals surface area contributed by atoms with Gasteiger partial charge in [-0.1, -0.05) is 46.5 Å². The topological polar surface area (TPSA) is 20.2 Å². The second-order valence-electron chi connectivity index (χ2n) is 4.49. The van der Waals surface area contributed by atoms with E-state index in [1.54, 1.807) is 0 Å². The molecule has 0 fully saturated rings. The Bertz CT molecular complexity index is 99.3. The molecule has 1 unspecified atom stereocenters. The smallest absolute Gasteiger partial charge is 0.0431 e. The van der Waals surface area contributed by atoms with Crippen LogP contribution in [-0.2, 0) is 0 Å². The molecule has 0 aromatic heterocycles. The average molecular weight is 186 g/mol. The van der Waals surface area contributed by atoms with E-state index in [4.69, 9.17) is 5.11 Å². The molecule has 0 saturated heterocycles. The van der Waals surface area contributed by atoms with E-state index in [1.165, 1.54) is 32.1 Å². The predicted octanol–water partition coefficient (Wildman–Crippen LogP) is 3.61. The van der Waals surface area contributed by atoms with Gasteiger partial charge in [0, 0.05) is 6.61 Å². The highest BCUT2D eigenvalue weighted by Crippen LogP contribution is 2.21. The van der Waals surface area contributed by atoms with Crippen molar-refractivity contribution in [3.8, 4) is 0 Å². The van der Waals surface area contributed by atoms with Gasteiger partial charge in [-0.2, -0.15) is 0 Å². The summed E-state index contributed by atoms with van der Waals surface area (Å²) in [6.07, 6.45) is 7.53. The summed E-state index contributed by atoms with van der Waals surface area (Å²) < 4.78 is 0. The highest BCUT2D eigenvalue weighted by atomic mass is 16.2. The molecule has 0 bridgehead atoms. The lowest BCUT2D eigenvalue weighted by atomic mass is 9.90. The van der Waals surface area contributed by atoms with Crippen molar-refractivity contribution in [3.63, 3.8) is 0 Å². The Morgan fingerprint density at radius 2 is 1.69 bits per heavy atom. The van der Waals surface area contributed by atoms with Gasteiger partial charge in [-0.3, -0.25) is 0 Å². The molecule has 0 heterocycles. The van der Waals surface area contributed by atoms with Gasteiger partial charge in [0.2, 0.25) is 0 Å². The van der Waals surface area contributed by atoms with E-state index in [0.717, 1.165) is 18.3 Å². The van der Waals surface area contributed by atoms with E-state index in [2.05, 4.69) is 20.8 Å². The molecule has 0 aromatic carbocycles. The van der Waals surface area contributed by atoms with Crippen molar-refractivity contribution in [1.29, 1.82) is 0 Å². The molecule has 1 nitrogen and oxygen atoms in total. The van der Waals surface area contributed by atoms with Gasteiger partial charge < -0.3 is 5.11 Å². The van der Waals surface area contributed by atoms with Gasteiger partial charge in [0.1, 0.15) is 0 Å². The van der Waals surface area contributed by atoms with Crippen LogP contribution in [-0.4, -0.2) is 11.7 Å². The van der Waals surface area contributed by atoms with E-state index in [0.29, 0.717) is 6.61 Å². The summed E-state index contributed by atoms with van der Waals surface area (Å²) in [4.78, 5) is 0. The lowest BCUT2D eigenvalue weighted by molar-refractivity contribution is 0.261. The molecule has 1 N–H and O–H groups in total. The van der Waals surface area contributed by atoms with Crippen molar-refractivity contribution in [1.82, 2.24) is 0 Å². The minimum atomic E-state index is 0.363. The van der Waals surface area contributed by atoms with Crippen LogP contribution in [0.4, 0.5) is 0 Å². The quantitative estimate of drug-likeness (QED) is 0.614. The van der Waals surface area contributed by atoms with E-state index in [-0.39, 0.29) is 0 Å². The van der Waals surface area contributed by atoms with E-state index >= 15 is 0 Å². The Labute approximate surface area is 83.5 Å². The van der Waals surface area contributed by atoms with Gasteiger partial charge in [0.15, 0.2) is 0 Å². The summed E-state index contributed by atoms with van der Waals surface area (Å²) in [5, 5.41) is 8.76. The molecule has 0 radical (unpaired) electrons. The van der Waals surface area contributed by atoms with Gasteiger partial charge in [0.05, 0.1) is 0 Å². The maximum absolute atomic E-state index is 8.76. The molecule has 0 saturated carbocycles. The van der Waals surface area contributed by atoms with Crippen LogP contribution in [0.25, 0.3) is 0 Å². The zero-order chi connectivity index (χ0) is 10.1. The lowest BCUT2D eigenvalue weighted by Crippen LogP contribution is -2.03. The maximum atomic E-state index is 8.76. The zero-order valence-corrected chi connectivity index (χ0v) is 9.55. The van der Waals surface area contributed by atoms with Crippen molar-refractivity contribution < 1.29 is 5.11 Å². The molecular weight excluding hydrogens is 160 g/mol. The van der Waals surface area contributed by atoms with Gasteiger partial charge in [-0.05, 0) is 24.7 Å². The number of rotatable bonds is 8. The normalized spacial score (nSPS) is 13.6. The third-order valence-corrected chi connectivity index (χ3v) is 2.62. The Morgan fingerprint density at radius 3 is 2.15 bits per heavy atom. The third kappa shape index (κ3) is 8.29. The van der Waals surface area contributed by atoms with Crippen molar-refractivity contribution in [2.75, 3.05) is 6.61 Å². The molecule has 0 amide bonds. The van der Waals surface area contributed by atoms with Crippen LogP contribution in [0.15, 0.2) is 0 Å². The SMILES string of the molecule is CCCC(CCCO)CCC(C)C. The molecule has 0 rings (SSSR count). The van der Waals surface area contributed by atoms with Gasteiger partial charge in [0.25, 0.3) is 0 Å². The Morgan fingerprint density at radius 1 is 1.00 bits per heavy atom. The lowest BCUT2D eigenvalue weighted by Gasteiger charge is -2.16. The molecule has 1 atom stereocenters. The first-order chi connectivity index (χ1) is 6.20. The van der Waals surface area contributed by atoms with Crippen LogP contribution in [0.3, 0.4) is 0 Å². The van der Waals surface area contributed by atoms with Crippen molar-refractivity contribution in [2.45, 2.75) is 59.3 Å². The van der Waals surface area contributed by atoms with Gasteiger partial charge in [-0.15, -0.1) is 0 Å². The van der Waals surface area contributed by atoms with Crippen molar-refractivity contribution in [2.24, 2.45) is 11.8 Å². The van der Waals surface area contributed by atoms with Crippen LogP contribution >= 0.6 is 0 Å². The summed E-state index contributed by atoms with van der Waals surface area (Å²) in [6.45, 7) is 7.19. The minimum Gasteiger partial charge on any atom is -0.396 e. The van der Waals surface area contributed by atoms with Crippen LogP contribution in [0.5, 0.6) is 0 Å². The minimum absolute atomic E-state index is 0.363. The number of hydrogen-bond donors (Lipinski definition) is 1. The van der Waals surface area contributed by atoms with E-state index in [9.17, 15) is 0 Å². The highest BCUT2D eigenvalue weighted by Gasteiger charge is 2.07. The second kappa shape index (κ2) is 8.55. The second-order valence-corrected chi connectivity index (χ2v) is 4.49. The Hall–Kier alpha value is -0.0400. The molecule has 0 aromatic rings. The first-order valence-electron chi connectivity index (χ1n) is 5.81. The summed E-state index contributed by atoms with van der Waals surface area (Å²) in [7, 11) is 0. The molecule has 1 heteroatoms. The number of aliphatic hydroxyl groups is 1. The van der Waals surface area contributed by atoms with Crippen LogP contribution in [0.2, 0.25) is 0 Å². The van der Waals surface area contributed by atoms with E-state index in [1.807, 2.05) is 0 Å². The van der Waals surface area contributed by atoms with Crippen molar-refractivity contribution in [3.05, 3.63) is 0 Å². The molecule has 0 aliphatic rings. The van der Waals surface area contributed by atoms with Crippen LogP contribution < -0.4 is 0 Å². The molecule has 0 aliphatic carbocycles. The molecule has 80 valence electrons. The molecular formula is C12H26O. The molecule has 0 spiro atoms. The Kier molecular flexibility index (Phi) is 8.53. The fourth-order valence-corrected chi connectivity index (χ4v) is 1.79. The fraction of sp³-hybridized carbons (Fsp3) is 1.00. The predicted molar refractivity (Wildman–Crippen MR) is 58.8 cm³/mol. The first kappa shape index (κ1) is 13.0. The average Bonchev–Trinajstić information content (AvgIpc) is 2.09. The number of hydrogen-bond acceptors (Lipinski definition) is 1. The van der Waals surface area contributed by atoms with Crippen LogP contribution in [0, 0.1) is 11.8 Å². The largest absolute Gasteiger partial charge is 0.396 e. The van der Waals surface area contributed by atoms with Gasteiger partial charge in [-0.25, -0.2) is 0 Å². The standard InChI is InChI=1S/C12H26O/c1-4-6-12(7-5-10-13)9-8-11(2)3/h11-13H,4-10H2,1-3H3. The maximum Gasteiger partial charge on any atom is 0.0431 e. The molecule has 0 aliphatic heterocycles. The molecule has 13 heavy (non-hydrogen) atoms. The van der Waals surface area contributed by atoms with Crippen molar-refractivity contribution >= 4 is 0 Å². The highest BCUT2D eigenvalue weighted by molar-refractivity contribution is 4.60. The monoisotopic (exact) mass is 186 g/mol. The number of aliphatic hydroxyl groups excluding tert-OH is 1. The summed E-state index contributed by atoms with van der Waals surface area (Å²) in [5.41, 5.74) is 0. The zero-order valence-electron chi connectivity index (χ0n) is 9.55. The summed E-state index contributed by atoms with van der Waals surface area (Å²) in [5.74, 6) is 1.69. The van der Waals surface area contributed by atoms with Gasteiger partial charge >= 0.3 is 0 Å². The summed E-state index contributed by atoms with van der Waals surface area (Å²) in [6, 6.07) is 0. The van der Waals surface area contributed by atoms with E-state index < -0.39 is 0 Å². The first-order valence-corrected chi connectivity index (χ1v) is 5.81. The summed E-state index contributed by atoms with van der Waals surface area (Å²) >= 11 is 0. The fourth-order valence-electron chi connectivity index (χ4n) is 1.79.